The third-order valence-electron chi connectivity index (χ3n) is 4.98. The summed E-state index contributed by atoms with van der Waals surface area (Å²) in [7, 11) is 5.64. The molecule has 1 aliphatic rings. The summed E-state index contributed by atoms with van der Waals surface area (Å²) in [5.74, 6) is -0.847. The number of benzene rings is 1. The molecule has 7 heteroatoms. The van der Waals surface area contributed by atoms with Crippen molar-refractivity contribution in [1.29, 1.82) is 0 Å². The van der Waals surface area contributed by atoms with Gasteiger partial charge in [0.05, 0.1) is 39.4 Å². The van der Waals surface area contributed by atoms with Crippen molar-refractivity contribution >= 4 is 17.4 Å². The average Bonchev–Trinajstić information content (AvgIpc) is 2.98. The first-order valence-corrected chi connectivity index (χ1v) is 9.55. The summed E-state index contributed by atoms with van der Waals surface area (Å²) in [6.07, 6.45) is 3.81. The van der Waals surface area contributed by atoms with E-state index in [2.05, 4.69) is 4.98 Å². The van der Waals surface area contributed by atoms with Crippen molar-refractivity contribution < 1.29 is 24.3 Å². The van der Waals surface area contributed by atoms with Gasteiger partial charge in [0.1, 0.15) is 11.5 Å². The number of amides is 1. The predicted molar refractivity (Wildman–Crippen MR) is 109 cm³/mol. The van der Waals surface area contributed by atoms with Crippen molar-refractivity contribution in [3.8, 4) is 5.75 Å². The van der Waals surface area contributed by atoms with Crippen LogP contribution < -0.4 is 9.64 Å². The largest absolute Gasteiger partial charge is 0.507 e. The molecule has 1 aromatic heterocycles. The molecule has 0 bridgehead atoms. The fourth-order valence-corrected chi connectivity index (χ4v) is 3.54. The second kappa shape index (κ2) is 8.87. The molecule has 0 unspecified atom stereocenters. The number of aliphatic hydroxyl groups excluding tert-OH is 1. The van der Waals surface area contributed by atoms with Crippen molar-refractivity contribution in [1.82, 2.24) is 9.88 Å². The molecular weight excluding hydrogens is 370 g/mol. The Bertz CT molecular complexity index is 925. The van der Waals surface area contributed by atoms with E-state index in [1.165, 1.54) is 17.3 Å². The van der Waals surface area contributed by atoms with Crippen LogP contribution in [-0.4, -0.2) is 61.0 Å². The van der Waals surface area contributed by atoms with Gasteiger partial charge in [0, 0.05) is 30.9 Å². The van der Waals surface area contributed by atoms with E-state index in [0.29, 0.717) is 17.9 Å². The van der Waals surface area contributed by atoms with Crippen molar-refractivity contribution in [3.63, 3.8) is 0 Å². The molecule has 1 fully saturated rings. The summed E-state index contributed by atoms with van der Waals surface area (Å²) in [6, 6.07) is 9.79. The molecule has 1 saturated heterocycles. The number of aliphatic hydroxyl groups is 1. The molecule has 1 aromatic carbocycles. The molecule has 1 aliphatic heterocycles. The van der Waals surface area contributed by atoms with Crippen molar-refractivity contribution in [2.75, 3.05) is 34.3 Å². The van der Waals surface area contributed by atoms with E-state index in [1.807, 2.05) is 26.2 Å². The van der Waals surface area contributed by atoms with Crippen LogP contribution in [0.4, 0.5) is 0 Å². The minimum atomic E-state index is -0.677. The number of ketones is 1. The van der Waals surface area contributed by atoms with Gasteiger partial charge in [0.25, 0.3) is 11.7 Å². The van der Waals surface area contributed by atoms with Crippen molar-refractivity contribution in [2.24, 2.45) is 0 Å². The first kappa shape index (κ1) is 20.5. The van der Waals surface area contributed by atoms with Gasteiger partial charge in [-0.3, -0.25) is 14.6 Å². The molecule has 0 spiro atoms. The van der Waals surface area contributed by atoms with Gasteiger partial charge in [-0.1, -0.05) is 12.1 Å². The maximum Gasteiger partial charge on any atom is 0.295 e. The number of ether oxygens (including phenoxy) is 1. The highest BCUT2D eigenvalue weighted by Gasteiger charge is 2.45. The quantitative estimate of drug-likeness (QED) is 0.415. The van der Waals surface area contributed by atoms with E-state index >= 15 is 0 Å². The van der Waals surface area contributed by atoms with E-state index in [-0.39, 0.29) is 11.3 Å². The number of quaternary nitrogens is 1. The first-order valence-electron chi connectivity index (χ1n) is 9.55. The Balaban J connectivity index is 2.09. The highest BCUT2D eigenvalue weighted by molar-refractivity contribution is 6.46. The summed E-state index contributed by atoms with van der Waals surface area (Å²) in [5.41, 5.74) is 1.26. The van der Waals surface area contributed by atoms with E-state index in [1.54, 1.807) is 36.3 Å². The minimum Gasteiger partial charge on any atom is -0.507 e. The van der Waals surface area contributed by atoms with Gasteiger partial charge >= 0.3 is 0 Å². The third kappa shape index (κ3) is 4.30. The molecule has 0 radical (unpaired) electrons. The van der Waals surface area contributed by atoms with Crippen molar-refractivity contribution in [3.05, 3.63) is 65.5 Å². The normalized spacial score (nSPS) is 18.5. The van der Waals surface area contributed by atoms with Crippen LogP contribution in [-0.2, 0) is 9.59 Å². The van der Waals surface area contributed by atoms with E-state index in [9.17, 15) is 14.7 Å². The lowest BCUT2D eigenvalue weighted by Gasteiger charge is -2.25. The lowest BCUT2D eigenvalue weighted by atomic mass is 9.95. The molecule has 0 aliphatic carbocycles. The Morgan fingerprint density at radius 3 is 2.59 bits per heavy atom. The van der Waals surface area contributed by atoms with Crippen LogP contribution in [0.25, 0.3) is 5.76 Å². The second-order valence-corrected chi connectivity index (χ2v) is 7.32. The SMILES string of the molecule is COc1cccc([C@@H]2/C(=C(/O)c3ccncc3)C(=O)C(=O)N2CCC[NH+](C)C)c1. The third-order valence-corrected chi connectivity index (χ3v) is 4.98. The van der Waals surface area contributed by atoms with Gasteiger partial charge in [-0.25, -0.2) is 0 Å². The predicted octanol–water partition coefficient (Wildman–Crippen LogP) is 1.05. The smallest absolute Gasteiger partial charge is 0.295 e. The summed E-state index contributed by atoms with van der Waals surface area (Å²) in [4.78, 5) is 32.5. The highest BCUT2D eigenvalue weighted by atomic mass is 16.5. The molecule has 7 nitrogen and oxygen atoms in total. The van der Waals surface area contributed by atoms with Crippen LogP contribution in [0, 0.1) is 0 Å². The number of Topliss-reactive ketones (excluding diaryl/α,β-unsaturated/α-hetero) is 1. The molecule has 3 rings (SSSR count). The number of pyridine rings is 1. The van der Waals surface area contributed by atoms with Gasteiger partial charge in [0.15, 0.2) is 0 Å². The van der Waals surface area contributed by atoms with E-state index < -0.39 is 17.7 Å². The lowest BCUT2D eigenvalue weighted by Crippen LogP contribution is -3.05. The maximum atomic E-state index is 12.9. The molecule has 2 N–H and O–H groups in total. The molecule has 2 aromatic rings. The highest BCUT2D eigenvalue weighted by Crippen LogP contribution is 2.40. The molecule has 152 valence electrons. The number of hydrogen-bond donors (Lipinski definition) is 2. The van der Waals surface area contributed by atoms with Gasteiger partial charge in [-0.15, -0.1) is 0 Å². The molecular formula is C22H26N3O4+. The number of rotatable bonds is 7. The monoisotopic (exact) mass is 396 g/mol. The van der Waals surface area contributed by atoms with Crippen LogP contribution in [0.15, 0.2) is 54.4 Å². The Kier molecular flexibility index (Phi) is 6.29. The Morgan fingerprint density at radius 2 is 1.93 bits per heavy atom. The first-order chi connectivity index (χ1) is 13.9. The number of methoxy groups -OCH3 is 1. The maximum absolute atomic E-state index is 12.9. The number of carbonyl (C=O) groups excluding carboxylic acids is 2. The van der Waals surface area contributed by atoms with Gasteiger partial charge < -0.3 is 19.6 Å². The summed E-state index contributed by atoms with van der Waals surface area (Å²) >= 11 is 0. The Labute approximate surface area is 170 Å². The topological polar surface area (TPSA) is 84.2 Å². The average molecular weight is 396 g/mol. The standard InChI is InChI=1S/C22H25N3O4/c1-24(2)12-5-13-25-19(16-6-4-7-17(14-16)29-3)18(21(27)22(25)28)20(26)15-8-10-23-11-9-15/h4,6-11,14,19,26H,5,12-13H2,1-3H3/p+1/b20-18-/t19-/m1/s1. The number of likely N-dealkylation sites (tertiary alicyclic amines) is 1. The Hall–Kier alpha value is -3.19. The van der Waals surface area contributed by atoms with E-state index in [4.69, 9.17) is 4.74 Å². The zero-order chi connectivity index (χ0) is 21.0. The Morgan fingerprint density at radius 1 is 1.21 bits per heavy atom. The fraction of sp³-hybridized carbons (Fsp3) is 0.318. The zero-order valence-electron chi connectivity index (χ0n) is 16.9. The molecule has 1 atom stereocenters. The van der Waals surface area contributed by atoms with Crippen LogP contribution >= 0.6 is 0 Å². The fourth-order valence-electron chi connectivity index (χ4n) is 3.54. The molecule has 29 heavy (non-hydrogen) atoms. The second-order valence-electron chi connectivity index (χ2n) is 7.32. The van der Waals surface area contributed by atoms with Gasteiger partial charge in [-0.05, 0) is 29.8 Å². The molecule has 1 amide bonds. The van der Waals surface area contributed by atoms with Crippen LogP contribution in [0.5, 0.6) is 5.75 Å². The van der Waals surface area contributed by atoms with Gasteiger partial charge in [0.2, 0.25) is 0 Å². The molecule has 2 heterocycles. The number of nitrogens with zero attached hydrogens (tertiary/aromatic N) is 2. The number of nitrogens with one attached hydrogen (secondary N) is 1. The van der Waals surface area contributed by atoms with Gasteiger partial charge in [-0.2, -0.15) is 0 Å². The van der Waals surface area contributed by atoms with E-state index in [0.717, 1.165) is 18.5 Å². The summed E-state index contributed by atoms with van der Waals surface area (Å²) in [6.45, 7) is 1.28. The lowest BCUT2D eigenvalue weighted by molar-refractivity contribution is -0.858. The van der Waals surface area contributed by atoms with Crippen LogP contribution in [0.2, 0.25) is 0 Å². The number of aromatic nitrogens is 1. The number of hydrogen-bond acceptors (Lipinski definition) is 5. The zero-order valence-corrected chi connectivity index (χ0v) is 16.9. The minimum absolute atomic E-state index is 0.0895. The molecule has 0 saturated carbocycles. The number of carbonyl (C=O) groups is 2. The summed E-state index contributed by atoms with van der Waals surface area (Å²) < 4.78 is 5.32. The summed E-state index contributed by atoms with van der Waals surface area (Å²) in [5, 5.41) is 10.9. The van der Waals surface area contributed by atoms with Crippen LogP contribution in [0.1, 0.15) is 23.6 Å². The van der Waals surface area contributed by atoms with Crippen LogP contribution in [0.3, 0.4) is 0 Å². The van der Waals surface area contributed by atoms with Crippen molar-refractivity contribution in [2.45, 2.75) is 12.5 Å².